The van der Waals surface area contributed by atoms with Gasteiger partial charge in [0.25, 0.3) is 0 Å². The Morgan fingerprint density at radius 3 is 2.52 bits per heavy atom. The minimum absolute atomic E-state index is 0.0161. The van der Waals surface area contributed by atoms with E-state index in [1.54, 1.807) is 18.2 Å². The lowest BCUT2D eigenvalue weighted by molar-refractivity contribution is 0.00896. The highest BCUT2D eigenvalue weighted by Gasteiger charge is 2.23. The highest BCUT2D eigenvalue weighted by atomic mass is 16.5. The molecule has 2 N–H and O–H groups in total. The van der Waals surface area contributed by atoms with Crippen LogP contribution in [0.4, 0.5) is 0 Å². The molecule has 1 atom stereocenters. The Morgan fingerprint density at radius 2 is 1.91 bits per heavy atom. The van der Waals surface area contributed by atoms with Crippen molar-refractivity contribution in [1.82, 2.24) is 0 Å². The number of ether oxygens (including phenoxy) is 2. The van der Waals surface area contributed by atoms with Crippen molar-refractivity contribution in [3.8, 4) is 0 Å². The second-order valence-electron chi connectivity index (χ2n) is 4.65. The Kier molecular flexibility index (Phi) is 7.73. The molecule has 0 aliphatic carbocycles. The quantitative estimate of drug-likeness (QED) is 0.526. The summed E-state index contributed by atoms with van der Waals surface area (Å²) in [5.41, 5.74) is 0.679. The van der Waals surface area contributed by atoms with E-state index in [2.05, 4.69) is 13.2 Å². The van der Waals surface area contributed by atoms with Crippen LogP contribution in [0.3, 0.4) is 0 Å². The maximum Gasteiger partial charge on any atom is 0.339 e. The molecule has 0 aliphatic rings. The van der Waals surface area contributed by atoms with E-state index in [1.807, 2.05) is 0 Å². The monoisotopic (exact) mass is 320 g/mol. The van der Waals surface area contributed by atoms with Gasteiger partial charge in [0.2, 0.25) is 0 Å². The van der Waals surface area contributed by atoms with Gasteiger partial charge in [-0.05, 0) is 18.1 Å². The van der Waals surface area contributed by atoms with Gasteiger partial charge in [-0.25, -0.2) is 9.59 Å². The fourth-order valence-corrected chi connectivity index (χ4v) is 1.85. The topological polar surface area (TPSA) is 93.1 Å². The average molecular weight is 320 g/mol. The highest BCUT2D eigenvalue weighted by Crippen LogP contribution is 2.19. The maximum absolute atomic E-state index is 12.3. The average Bonchev–Trinajstić information content (AvgIpc) is 2.57. The third-order valence-electron chi connectivity index (χ3n) is 2.89. The van der Waals surface area contributed by atoms with Gasteiger partial charge in [0.15, 0.2) is 0 Å². The number of rotatable bonds is 9. The first-order chi connectivity index (χ1) is 11.0. The van der Waals surface area contributed by atoms with Gasteiger partial charge in [0.1, 0.15) is 19.3 Å². The Balaban J connectivity index is 3.12. The molecular weight excluding hydrogens is 300 g/mol. The van der Waals surface area contributed by atoms with E-state index in [-0.39, 0.29) is 24.3 Å². The maximum atomic E-state index is 12.3. The van der Waals surface area contributed by atoms with Gasteiger partial charge in [-0.1, -0.05) is 30.9 Å². The molecule has 0 fully saturated rings. The fraction of sp³-hybridized carbons (Fsp3) is 0.294. The van der Waals surface area contributed by atoms with Gasteiger partial charge < -0.3 is 19.7 Å². The van der Waals surface area contributed by atoms with E-state index < -0.39 is 24.6 Å². The summed E-state index contributed by atoms with van der Waals surface area (Å²) in [6, 6.07) is 4.75. The SMILES string of the molecule is C=CCOC(=O)c1cccc(CC=C)c1C(=O)OCC(O)CO. The Morgan fingerprint density at radius 1 is 1.17 bits per heavy atom. The van der Waals surface area contributed by atoms with Crippen LogP contribution in [0.1, 0.15) is 26.3 Å². The summed E-state index contributed by atoms with van der Waals surface area (Å²) in [6.07, 6.45) is 2.19. The van der Waals surface area contributed by atoms with Gasteiger partial charge >= 0.3 is 11.9 Å². The number of carbonyl (C=O) groups is 2. The molecule has 0 spiro atoms. The smallest absolute Gasteiger partial charge is 0.339 e. The van der Waals surface area contributed by atoms with Crippen LogP contribution in [0, 0.1) is 0 Å². The highest BCUT2D eigenvalue weighted by molar-refractivity contribution is 6.04. The summed E-state index contributed by atoms with van der Waals surface area (Å²) < 4.78 is 9.92. The van der Waals surface area contributed by atoms with Crippen LogP contribution >= 0.6 is 0 Å². The standard InChI is InChI=1S/C17H20O6/c1-3-6-12-7-5-8-14(16(20)22-9-4-2)15(12)17(21)23-11-13(19)10-18/h3-5,7-8,13,18-19H,1-2,6,9-11H2. The molecular formula is C17H20O6. The molecule has 0 saturated carbocycles. The number of carbonyl (C=O) groups excluding carboxylic acids is 2. The Bertz CT molecular complexity index is 578. The van der Waals surface area contributed by atoms with E-state index in [9.17, 15) is 14.7 Å². The van der Waals surface area contributed by atoms with Gasteiger partial charge in [-0.15, -0.1) is 6.58 Å². The molecule has 124 valence electrons. The lowest BCUT2D eigenvalue weighted by Gasteiger charge is -2.14. The fourth-order valence-electron chi connectivity index (χ4n) is 1.85. The van der Waals surface area contributed by atoms with Crippen molar-refractivity contribution in [2.24, 2.45) is 0 Å². The van der Waals surface area contributed by atoms with Gasteiger partial charge in [0, 0.05) is 0 Å². The van der Waals surface area contributed by atoms with Crippen LogP contribution in [0.2, 0.25) is 0 Å². The molecule has 0 bridgehead atoms. The van der Waals surface area contributed by atoms with Gasteiger partial charge in [-0.3, -0.25) is 0 Å². The summed E-state index contributed by atoms with van der Waals surface area (Å²) in [6.45, 7) is 6.18. The molecule has 1 aromatic carbocycles. The minimum Gasteiger partial charge on any atom is -0.459 e. The lowest BCUT2D eigenvalue weighted by Crippen LogP contribution is -2.24. The first-order valence-corrected chi connectivity index (χ1v) is 7.02. The molecule has 1 unspecified atom stereocenters. The normalized spacial score (nSPS) is 11.4. The first kappa shape index (κ1) is 18.6. The molecule has 0 aliphatic heterocycles. The van der Waals surface area contributed by atoms with Crippen molar-refractivity contribution >= 4 is 11.9 Å². The van der Waals surface area contributed by atoms with Crippen molar-refractivity contribution in [1.29, 1.82) is 0 Å². The number of aliphatic hydroxyl groups is 2. The van der Waals surface area contributed by atoms with E-state index in [4.69, 9.17) is 14.6 Å². The number of aliphatic hydroxyl groups excluding tert-OH is 2. The lowest BCUT2D eigenvalue weighted by atomic mass is 9.98. The summed E-state index contributed by atoms with van der Waals surface area (Å²) in [5.74, 6) is -1.45. The number of hydrogen-bond donors (Lipinski definition) is 2. The molecule has 1 aromatic rings. The molecule has 0 heterocycles. The molecule has 0 aromatic heterocycles. The predicted octanol–water partition coefficient (Wildman–Crippen LogP) is 1.27. The van der Waals surface area contributed by atoms with Crippen molar-refractivity contribution in [2.45, 2.75) is 12.5 Å². The van der Waals surface area contributed by atoms with E-state index >= 15 is 0 Å². The van der Waals surface area contributed by atoms with Crippen LogP contribution in [0.15, 0.2) is 43.5 Å². The number of allylic oxidation sites excluding steroid dienone is 1. The summed E-state index contributed by atoms with van der Waals surface area (Å²) in [4.78, 5) is 24.4. The van der Waals surface area contributed by atoms with Gasteiger partial charge in [0.05, 0.1) is 17.7 Å². The zero-order valence-corrected chi connectivity index (χ0v) is 12.7. The van der Waals surface area contributed by atoms with Crippen LogP contribution in [-0.4, -0.2) is 48.1 Å². The molecule has 6 nitrogen and oxygen atoms in total. The van der Waals surface area contributed by atoms with Crippen molar-refractivity contribution in [3.05, 3.63) is 60.2 Å². The minimum atomic E-state index is -1.18. The Labute approximate surface area is 134 Å². The third-order valence-corrected chi connectivity index (χ3v) is 2.89. The molecule has 0 saturated heterocycles. The van der Waals surface area contributed by atoms with E-state index in [0.29, 0.717) is 12.0 Å². The zero-order chi connectivity index (χ0) is 17.2. The van der Waals surface area contributed by atoms with Crippen molar-refractivity contribution in [2.75, 3.05) is 19.8 Å². The molecule has 23 heavy (non-hydrogen) atoms. The van der Waals surface area contributed by atoms with E-state index in [0.717, 1.165) is 0 Å². The largest absolute Gasteiger partial charge is 0.459 e. The number of hydrogen-bond acceptors (Lipinski definition) is 6. The molecule has 0 radical (unpaired) electrons. The molecule has 0 amide bonds. The summed E-state index contributed by atoms with van der Waals surface area (Å²) in [5, 5.41) is 18.0. The third kappa shape index (κ3) is 5.36. The van der Waals surface area contributed by atoms with Crippen LogP contribution < -0.4 is 0 Å². The first-order valence-electron chi connectivity index (χ1n) is 7.02. The van der Waals surface area contributed by atoms with Gasteiger partial charge in [-0.2, -0.15) is 0 Å². The van der Waals surface area contributed by atoms with Crippen molar-refractivity contribution < 1.29 is 29.3 Å². The summed E-state index contributed by atoms with van der Waals surface area (Å²) >= 11 is 0. The van der Waals surface area contributed by atoms with Crippen molar-refractivity contribution in [3.63, 3.8) is 0 Å². The van der Waals surface area contributed by atoms with Crippen LogP contribution in [-0.2, 0) is 15.9 Å². The number of esters is 2. The zero-order valence-electron chi connectivity index (χ0n) is 12.7. The second-order valence-corrected chi connectivity index (χ2v) is 4.65. The Hall–Kier alpha value is -2.44. The second kappa shape index (κ2) is 9.55. The van der Waals surface area contributed by atoms with Crippen LogP contribution in [0.5, 0.6) is 0 Å². The van der Waals surface area contributed by atoms with E-state index in [1.165, 1.54) is 12.1 Å². The van der Waals surface area contributed by atoms with Crippen LogP contribution in [0.25, 0.3) is 0 Å². The number of benzene rings is 1. The predicted molar refractivity (Wildman–Crippen MR) is 84.2 cm³/mol. The molecule has 1 rings (SSSR count). The molecule has 6 heteroatoms. The summed E-state index contributed by atoms with van der Waals surface area (Å²) in [7, 11) is 0.